The van der Waals surface area contributed by atoms with Gasteiger partial charge in [-0.3, -0.25) is 9.69 Å². The summed E-state index contributed by atoms with van der Waals surface area (Å²) >= 11 is 0. The molecule has 2 aromatic heterocycles. The van der Waals surface area contributed by atoms with E-state index in [0.717, 1.165) is 12.3 Å². The van der Waals surface area contributed by atoms with Crippen molar-refractivity contribution in [3.63, 3.8) is 0 Å². The van der Waals surface area contributed by atoms with Gasteiger partial charge in [0.15, 0.2) is 23.0 Å². The molecule has 1 aliphatic heterocycles. The Bertz CT molecular complexity index is 1580. The molecular weight excluding hydrogens is 549 g/mol. The molecule has 13 heteroatoms. The van der Waals surface area contributed by atoms with Crippen LogP contribution in [0.4, 0.5) is 22.0 Å². The van der Waals surface area contributed by atoms with Gasteiger partial charge in [-0.05, 0) is 37.3 Å². The number of fused-ring (bicyclic) bond motifs is 1. The van der Waals surface area contributed by atoms with Gasteiger partial charge in [-0.15, -0.1) is 0 Å². The number of aliphatic hydroxyl groups excluding tert-OH is 1. The summed E-state index contributed by atoms with van der Waals surface area (Å²) < 4.78 is 76.6. The maximum absolute atomic E-state index is 14.4. The number of ether oxygens (including phenoxy) is 1. The maximum atomic E-state index is 14.4. The van der Waals surface area contributed by atoms with E-state index in [1.54, 1.807) is 29.2 Å². The number of carbonyl (C=O) groups excluding carboxylic acids is 1. The molecule has 0 aliphatic carbocycles. The number of methoxy groups -OCH3 is 1. The van der Waals surface area contributed by atoms with Crippen molar-refractivity contribution in [1.82, 2.24) is 24.4 Å². The SMILES string of the molecule is COc1ccc(-c2nc3c(C(=O)N4CCN([C@H](CO)c5cccc(F)c5F)CC4)cnn3c(C(F)(F)F)c2C)cc1. The average Bonchev–Trinajstić information content (AvgIpc) is 3.37. The minimum atomic E-state index is -4.78. The van der Waals surface area contributed by atoms with Gasteiger partial charge in [-0.2, -0.15) is 18.3 Å². The molecule has 1 aliphatic rings. The summed E-state index contributed by atoms with van der Waals surface area (Å²) in [4.78, 5) is 21.1. The molecule has 0 spiro atoms. The third-order valence-corrected chi connectivity index (χ3v) is 7.30. The average molecular weight is 576 g/mol. The molecule has 1 amide bonds. The lowest BCUT2D eigenvalue weighted by Gasteiger charge is -2.38. The van der Waals surface area contributed by atoms with Crippen molar-refractivity contribution in [1.29, 1.82) is 0 Å². The van der Waals surface area contributed by atoms with E-state index in [-0.39, 0.29) is 54.2 Å². The first-order valence-corrected chi connectivity index (χ1v) is 12.7. The number of piperazine rings is 1. The van der Waals surface area contributed by atoms with Crippen LogP contribution in [0, 0.1) is 18.6 Å². The zero-order chi connectivity index (χ0) is 29.5. The molecule has 2 aromatic carbocycles. The number of aliphatic hydroxyl groups is 1. The molecule has 5 rings (SSSR count). The first-order chi connectivity index (χ1) is 19.5. The number of carbonyl (C=O) groups is 1. The quantitative estimate of drug-likeness (QED) is 0.341. The van der Waals surface area contributed by atoms with E-state index in [1.807, 2.05) is 0 Å². The zero-order valence-electron chi connectivity index (χ0n) is 22.1. The fourth-order valence-electron chi connectivity index (χ4n) is 5.18. The highest BCUT2D eigenvalue weighted by atomic mass is 19.4. The first-order valence-electron chi connectivity index (χ1n) is 12.7. The van der Waals surface area contributed by atoms with Gasteiger partial charge in [0, 0.05) is 42.9 Å². The van der Waals surface area contributed by atoms with E-state index < -0.39 is 42.1 Å². The summed E-state index contributed by atoms with van der Waals surface area (Å²) in [6.45, 7) is 1.52. The number of alkyl halides is 3. The van der Waals surface area contributed by atoms with E-state index in [9.17, 15) is 31.9 Å². The van der Waals surface area contributed by atoms with Crippen molar-refractivity contribution in [2.24, 2.45) is 0 Å². The molecule has 1 atom stereocenters. The molecule has 3 heterocycles. The molecule has 0 radical (unpaired) electrons. The van der Waals surface area contributed by atoms with E-state index >= 15 is 0 Å². The summed E-state index contributed by atoms with van der Waals surface area (Å²) in [6, 6.07) is 9.28. The number of halogens is 5. The van der Waals surface area contributed by atoms with Crippen LogP contribution >= 0.6 is 0 Å². The van der Waals surface area contributed by atoms with Crippen LogP contribution in [-0.4, -0.2) is 75.3 Å². The Morgan fingerprint density at radius 3 is 2.37 bits per heavy atom. The van der Waals surface area contributed by atoms with Crippen molar-refractivity contribution >= 4 is 11.6 Å². The highest BCUT2D eigenvalue weighted by molar-refractivity contribution is 6.00. The Hall–Kier alpha value is -4.10. The lowest BCUT2D eigenvalue weighted by Crippen LogP contribution is -2.50. The van der Waals surface area contributed by atoms with Crippen LogP contribution < -0.4 is 4.74 Å². The van der Waals surface area contributed by atoms with E-state index in [2.05, 4.69) is 10.1 Å². The predicted molar refractivity (Wildman–Crippen MR) is 138 cm³/mol. The Kier molecular flexibility index (Phi) is 7.66. The molecule has 1 fully saturated rings. The molecule has 4 aromatic rings. The molecule has 41 heavy (non-hydrogen) atoms. The molecule has 0 unspecified atom stereocenters. The van der Waals surface area contributed by atoms with Gasteiger partial charge in [0.05, 0.1) is 31.6 Å². The molecule has 1 saturated heterocycles. The van der Waals surface area contributed by atoms with Crippen LogP contribution in [0.5, 0.6) is 5.75 Å². The van der Waals surface area contributed by atoms with Crippen molar-refractivity contribution in [2.45, 2.75) is 19.1 Å². The number of hydrogen-bond donors (Lipinski definition) is 1. The fraction of sp³-hybridized carbons (Fsp3) is 0.321. The monoisotopic (exact) mass is 575 g/mol. The van der Waals surface area contributed by atoms with E-state index in [4.69, 9.17) is 4.74 Å². The molecule has 1 N–H and O–H groups in total. The van der Waals surface area contributed by atoms with Crippen LogP contribution in [0.15, 0.2) is 48.7 Å². The van der Waals surface area contributed by atoms with Crippen molar-refractivity contribution in [2.75, 3.05) is 39.9 Å². The van der Waals surface area contributed by atoms with Crippen LogP contribution in [-0.2, 0) is 6.18 Å². The number of aromatic nitrogens is 3. The normalized spacial score (nSPS) is 15.4. The highest BCUT2D eigenvalue weighted by Gasteiger charge is 2.39. The minimum Gasteiger partial charge on any atom is -0.497 e. The second kappa shape index (κ2) is 11.1. The van der Waals surface area contributed by atoms with Gasteiger partial charge in [-0.25, -0.2) is 18.3 Å². The molecule has 216 valence electrons. The second-order valence-electron chi connectivity index (χ2n) is 9.62. The van der Waals surface area contributed by atoms with Gasteiger partial charge in [0.1, 0.15) is 11.3 Å². The van der Waals surface area contributed by atoms with Crippen LogP contribution in [0.25, 0.3) is 16.9 Å². The lowest BCUT2D eigenvalue weighted by molar-refractivity contribution is -0.143. The van der Waals surface area contributed by atoms with Crippen molar-refractivity contribution in [3.8, 4) is 17.0 Å². The van der Waals surface area contributed by atoms with Crippen LogP contribution in [0.2, 0.25) is 0 Å². The Balaban J connectivity index is 1.45. The number of rotatable bonds is 6. The molecule has 0 saturated carbocycles. The summed E-state index contributed by atoms with van der Waals surface area (Å²) in [7, 11) is 1.47. The Morgan fingerprint density at radius 2 is 1.76 bits per heavy atom. The standard InChI is InChI=1S/C28H26F5N5O3/c1-16-24(17-6-8-18(41-2)9-7-17)35-26-20(14-34-38(26)25(16)28(31,32)33)27(40)37-12-10-36(11-13-37)22(15-39)19-4-3-5-21(29)23(19)30/h3-9,14,22,39H,10-13,15H2,1-2H3/t22-/m1/s1. The Labute approximate surface area is 231 Å². The molecule has 0 bridgehead atoms. The minimum absolute atomic E-state index is 0.000200. The fourth-order valence-corrected chi connectivity index (χ4v) is 5.18. The summed E-state index contributed by atoms with van der Waals surface area (Å²) in [6.07, 6.45) is -3.71. The lowest BCUT2D eigenvalue weighted by atomic mass is 10.0. The third-order valence-electron chi connectivity index (χ3n) is 7.30. The number of hydrogen-bond acceptors (Lipinski definition) is 6. The van der Waals surface area contributed by atoms with E-state index in [0.29, 0.717) is 15.8 Å². The van der Waals surface area contributed by atoms with Gasteiger partial charge in [-0.1, -0.05) is 12.1 Å². The molecular formula is C28H26F5N5O3. The van der Waals surface area contributed by atoms with Crippen molar-refractivity contribution in [3.05, 3.63) is 82.7 Å². The second-order valence-corrected chi connectivity index (χ2v) is 9.62. The number of amides is 1. The summed E-state index contributed by atoms with van der Waals surface area (Å²) in [5, 5.41) is 13.8. The van der Waals surface area contributed by atoms with Gasteiger partial charge in [0.25, 0.3) is 5.91 Å². The maximum Gasteiger partial charge on any atom is 0.433 e. The van der Waals surface area contributed by atoms with Crippen LogP contribution in [0.1, 0.15) is 33.2 Å². The number of nitrogens with zero attached hydrogens (tertiary/aromatic N) is 5. The predicted octanol–water partition coefficient (Wildman–Crippen LogP) is 4.50. The largest absolute Gasteiger partial charge is 0.497 e. The zero-order valence-corrected chi connectivity index (χ0v) is 22.1. The van der Waals surface area contributed by atoms with Crippen molar-refractivity contribution < 1.29 is 36.6 Å². The summed E-state index contributed by atoms with van der Waals surface area (Å²) in [5.41, 5.74) is -1.07. The third kappa shape index (κ3) is 5.22. The van der Waals surface area contributed by atoms with Crippen LogP contribution in [0.3, 0.4) is 0 Å². The topological polar surface area (TPSA) is 83.2 Å². The van der Waals surface area contributed by atoms with E-state index in [1.165, 1.54) is 31.1 Å². The highest BCUT2D eigenvalue weighted by Crippen LogP contribution is 2.37. The smallest absolute Gasteiger partial charge is 0.433 e. The first kappa shape index (κ1) is 28.4. The molecule has 8 nitrogen and oxygen atoms in total. The van der Waals surface area contributed by atoms with Gasteiger partial charge >= 0.3 is 6.18 Å². The van der Waals surface area contributed by atoms with Gasteiger partial charge in [0.2, 0.25) is 0 Å². The summed E-state index contributed by atoms with van der Waals surface area (Å²) in [5.74, 6) is -2.13. The Morgan fingerprint density at radius 1 is 1.07 bits per heavy atom. The number of benzene rings is 2. The van der Waals surface area contributed by atoms with Gasteiger partial charge < -0.3 is 14.7 Å².